The Kier molecular flexibility index (Phi) is 5.27. The van der Waals surface area contributed by atoms with Crippen LogP contribution < -0.4 is 5.32 Å². The molecule has 0 radical (unpaired) electrons. The Hall–Kier alpha value is -1.70. The van der Waals surface area contributed by atoms with Gasteiger partial charge < -0.3 is 5.11 Å². The Morgan fingerprint density at radius 1 is 0.952 bits per heavy atom. The molecule has 0 amide bonds. The fourth-order valence-electron chi connectivity index (χ4n) is 1.94. The number of benzene rings is 1. The van der Waals surface area contributed by atoms with Crippen LogP contribution in [0.3, 0.4) is 0 Å². The highest BCUT2D eigenvalue weighted by Gasteiger charge is 2.35. The fraction of sp³-hybridized carbons (Fsp3) is 0.462. The first-order valence-electron chi connectivity index (χ1n) is 6.20. The van der Waals surface area contributed by atoms with Gasteiger partial charge in [-0.05, 0) is 12.8 Å². The second-order valence-corrected chi connectivity index (χ2v) is 4.50. The van der Waals surface area contributed by atoms with E-state index < -0.39 is 52.7 Å². The fourth-order valence-corrected chi connectivity index (χ4v) is 1.94. The summed E-state index contributed by atoms with van der Waals surface area (Å²) in [5.74, 6) is -11.6. The van der Waals surface area contributed by atoms with Crippen LogP contribution in [0.5, 0.6) is 0 Å². The standard InChI is InChI=1S/C13H14F5NO2/c1-3-13(4-2,12(20)21)19-5-6-7(14)9(16)11(18)10(17)8(6)15/h19H,3-5H2,1-2H3,(H,20,21). The highest BCUT2D eigenvalue weighted by atomic mass is 19.2. The highest BCUT2D eigenvalue weighted by Crippen LogP contribution is 2.24. The van der Waals surface area contributed by atoms with Gasteiger partial charge in [-0.2, -0.15) is 0 Å². The van der Waals surface area contributed by atoms with Gasteiger partial charge in [0.1, 0.15) is 5.54 Å². The average molecular weight is 311 g/mol. The van der Waals surface area contributed by atoms with Crippen LogP contribution in [0, 0.1) is 29.1 Å². The Bertz CT molecular complexity index is 529. The molecule has 0 spiro atoms. The largest absolute Gasteiger partial charge is 0.480 e. The third-order valence-corrected chi connectivity index (χ3v) is 3.52. The van der Waals surface area contributed by atoms with E-state index in [9.17, 15) is 26.7 Å². The van der Waals surface area contributed by atoms with Crippen LogP contribution >= 0.6 is 0 Å². The van der Waals surface area contributed by atoms with Gasteiger partial charge in [-0.25, -0.2) is 22.0 Å². The monoisotopic (exact) mass is 311 g/mol. The maximum atomic E-state index is 13.5. The van der Waals surface area contributed by atoms with Crippen molar-refractivity contribution in [2.45, 2.75) is 38.8 Å². The van der Waals surface area contributed by atoms with Crippen LogP contribution in [-0.4, -0.2) is 16.6 Å². The van der Waals surface area contributed by atoms with Gasteiger partial charge >= 0.3 is 5.97 Å². The Balaban J connectivity index is 3.18. The second kappa shape index (κ2) is 6.38. The number of nitrogens with one attached hydrogen (secondary N) is 1. The zero-order chi connectivity index (χ0) is 16.4. The van der Waals surface area contributed by atoms with E-state index >= 15 is 0 Å². The van der Waals surface area contributed by atoms with Crippen LogP contribution in [0.4, 0.5) is 22.0 Å². The molecule has 0 aliphatic rings. The van der Waals surface area contributed by atoms with Gasteiger partial charge in [-0.15, -0.1) is 0 Å². The zero-order valence-electron chi connectivity index (χ0n) is 11.4. The summed E-state index contributed by atoms with van der Waals surface area (Å²) in [4.78, 5) is 11.2. The normalized spacial score (nSPS) is 11.8. The van der Waals surface area contributed by atoms with Gasteiger partial charge in [0, 0.05) is 12.1 Å². The number of carbonyl (C=O) groups is 1. The van der Waals surface area contributed by atoms with Gasteiger partial charge in [0.2, 0.25) is 5.82 Å². The third-order valence-electron chi connectivity index (χ3n) is 3.52. The molecular weight excluding hydrogens is 297 g/mol. The minimum Gasteiger partial charge on any atom is -0.480 e. The predicted molar refractivity (Wildman–Crippen MR) is 64.0 cm³/mol. The molecular formula is C13H14F5NO2. The minimum absolute atomic E-state index is 0.0776. The smallest absolute Gasteiger partial charge is 0.323 e. The lowest BCUT2D eigenvalue weighted by Crippen LogP contribution is -2.51. The van der Waals surface area contributed by atoms with Crippen molar-refractivity contribution in [3.63, 3.8) is 0 Å². The lowest BCUT2D eigenvalue weighted by molar-refractivity contribution is -0.145. The predicted octanol–water partition coefficient (Wildman–Crippen LogP) is 3.12. The summed E-state index contributed by atoms with van der Waals surface area (Å²) in [6, 6.07) is 0. The molecule has 21 heavy (non-hydrogen) atoms. The molecule has 0 aromatic heterocycles. The summed E-state index contributed by atoms with van der Waals surface area (Å²) in [7, 11) is 0. The van der Waals surface area contributed by atoms with Crippen LogP contribution in [-0.2, 0) is 11.3 Å². The van der Waals surface area contributed by atoms with Gasteiger partial charge in [0.25, 0.3) is 0 Å². The van der Waals surface area contributed by atoms with Gasteiger partial charge in [-0.1, -0.05) is 13.8 Å². The molecule has 8 heteroatoms. The van der Waals surface area contributed by atoms with E-state index in [2.05, 4.69) is 5.32 Å². The topological polar surface area (TPSA) is 49.3 Å². The number of halogens is 5. The molecule has 0 unspecified atom stereocenters. The van der Waals surface area contributed by atoms with Crippen molar-refractivity contribution in [3.05, 3.63) is 34.6 Å². The minimum atomic E-state index is -2.25. The summed E-state index contributed by atoms with van der Waals surface area (Å²) in [6.07, 6.45) is 0.155. The number of hydrogen-bond donors (Lipinski definition) is 2. The summed E-state index contributed by atoms with van der Waals surface area (Å²) in [6.45, 7) is 2.27. The molecule has 0 heterocycles. The molecule has 0 atom stereocenters. The first kappa shape index (κ1) is 17.4. The molecule has 1 aromatic rings. The van der Waals surface area contributed by atoms with E-state index in [1.807, 2.05) is 0 Å². The molecule has 1 rings (SSSR count). The number of rotatable bonds is 6. The Morgan fingerprint density at radius 2 is 1.33 bits per heavy atom. The van der Waals surface area contributed by atoms with Crippen molar-refractivity contribution in [3.8, 4) is 0 Å². The Morgan fingerprint density at radius 3 is 1.67 bits per heavy atom. The lowest BCUT2D eigenvalue weighted by atomic mass is 9.92. The van der Waals surface area contributed by atoms with Crippen LogP contribution in [0.1, 0.15) is 32.3 Å². The first-order valence-corrected chi connectivity index (χ1v) is 6.20. The number of hydrogen-bond acceptors (Lipinski definition) is 2. The van der Waals surface area contributed by atoms with Crippen molar-refractivity contribution in [2.75, 3.05) is 0 Å². The van der Waals surface area contributed by atoms with E-state index in [0.717, 1.165) is 0 Å². The molecule has 0 aliphatic carbocycles. The van der Waals surface area contributed by atoms with Gasteiger partial charge in [0.15, 0.2) is 23.3 Å². The Labute approximate surface area is 117 Å². The zero-order valence-corrected chi connectivity index (χ0v) is 11.4. The molecule has 118 valence electrons. The van der Waals surface area contributed by atoms with Gasteiger partial charge in [-0.3, -0.25) is 10.1 Å². The molecule has 0 aliphatic heterocycles. The average Bonchev–Trinajstić information content (AvgIpc) is 2.47. The van der Waals surface area contributed by atoms with E-state index in [1.54, 1.807) is 0 Å². The molecule has 3 nitrogen and oxygen atoms in total. The van der Waals surface area contributed by atoms with Crippen molar-refractivity contribution < 1.29 is 31.9 Å². The highest BCUT2D eigenvalue weighted by molar-refractivity contribution is 5.78. The number of aliphatic carboxylic acids is 1. The number of carboxylic acids is 1. The summed E-state index contributed by atoms with van der Waals surface area (Å²) in [5, 5.41) is 11.5. The SMILES string of the molecule is CCC(CC)(NCc1c(F)c(F)c(F)c(F)c1F)C(=O)O. The maximum absolute atomic E-state index is 13.5. The lowest BCUT2D eigenvalue weighted by Gasteiger charge is -2.28. The van der Waals surface area contributed by atoms with Crippen molar-refractivity contribution in [1.29, 1.82) is 0 Å². The van der Waals surface area contributed by atoms with E-state index in [0.29, 0.717) is 0 Å². The maximum Gasteiger partial charge on any atom is 0.323 e. The van der Waals surface area contributed by atoms with E-state index in [-0.39, 0.29) is 12.8 Å². The molecule has 2 N–H and O–H groups in total. The number of carboxylic acid groups (broad SMARTS) is 1. The molecule has 0 fully saturated rings. The molecule has 0 saturated heterocycles. The summed E-state index contributed by atoms with van der Waals surface area (Å²) in [5.41, 5.74) is -2.58. The molecule has 1 aromatic carbocycles. The summed E-state index contributed by atoms with van der Waals surface area (Å²) < 4.78 is 65.9. The van der Waals surface area contributed by atoms with Crippen molar-refractivity contribution in [2.24, 2.45) is 0 Å². The van der Waals surface area contributed by atoms with E-state index in [1.165, 1.54) is 13.8 Å². The molecule has 0 bridgehead atoms. The van der Waals surface area contributed by atoms with Gasteiger partial charge in [0.05, 0.1) is 0 Å². The van der Waals surface area contributed by atoms with Crippen molar-refractivity contribution >= 4 is 5.97 Å². The second-order valence-electron chi connectivity index (χ2n) is 4.50. The van der Waals surface area contributed by atoms with E-state index in [4.69, 9.17) is 5.11 Å². The van der Waals surface area contributed by atoms with Crippen LogP contribution in [0.25, 0.3) is 0 Å². The molecule has 0 saturated carbocycles. The van der Waals surface area contributed by atoms with Crippen LogP contribution in [0.15, 0.2) is 0 Å². The van der Waals surface area contributed by atoms with Crippen molar-refractivity contribution in [1.82, 2.24) is 5.32 Å². The third kappa shape index (κ3) is 2.99. The quantitative estimate of drug-likeness (QED) is 0.482. The summed E-state index contributed by atoms with van der Waals surface area (Å²) >= 11 is 0. The first-order chi connectivity index (χ1) is 9.71. The van der Waals surface area contributed by atoms with Crippen LogP contribution in [0.2, 0.25) is 0 Å².